The van der Waals surface area contributed by atoms with E-state index < -0.39 is 17.9 Å². The van der Waals surface area contributed by atoms with Crippen molar-refractivity contribution in [3.63, 3.8) is 0 Å². The SMILES string of the molecule is Cc1cccc(O[C@H](C)C(=O)NNC(=O)COc2ccc(Cl)cc2C)c1. The third-order valence-corrected chi connectivity index (χ3v) is 3.73. The van der Waals surface area contributed by atoms with Crippen LogP contribution >= 0.6 is 11.6 Å². The molecule has 1 atom stereocenters. The maximum Gasteiger partial charge on any atom is 0.279 e. The van der Waals surface area contributed by atoms with E-state index in [-0.39, 0.29) is 6.61 Å². The predicted molar refractivity (Wildman–Crippen MR) is 99.2 cm³/mol. The molecule has 2 rings (SSSR count). The normalized spacial score (nSPS) is 11.4. The molecule has 0 bridgehead atoms. The lowest BCUT2D eigenvalue weighted by Crippen LogP contribution is -2.48. The lowest BCUT2D eigenvalue weighted by Gasteiger charge is -2.15. The second kappa shape index (κ2) is 9.10. The van der Waals surface area contributed by atoms with E-state index in [0.29, 0.717) is 16.5 Å². The molecule has 0 radical (unpaired) electrons. The molecule has 138 valence electrons. The molecule has 0 aliphatic rings. The van der Waals surface area contributed by atoms with Gasteiger partial charge in [-0.2, -0.15) is 0 Å². The average molecular weight is 377 g/mol. The third-order valence-electron chi connectivity index (χ3n) is 3.49. The molecule has 0 fully saturated rings. The standard InChI is InChI=1S/C19H21ClN2O4/c1-12-5-4-6-16(9-12)26-14(3)19(24)22-21-18(23)11-25-17-8-7-15(20)10-13(17)2/h4-10,14H,11H2,1-3H3,(H,21,23)(H,22,24)/t14-/m1/s1. The van der Waals surface area contributed by atoms with Crippen LogP contribution < -0.4 is 20.3 Å². The van der Waals surface area contributed by atoms with Gasteiger partial charge in [0.15, 0.2) is 12.7 Å². The number of hydrogen-bond acceptors (Lipinski definition) is 4. The van der Waals surface area contributed by atoms with Crippen molar-refractivity contribution in [3.8, 4) is 11.5 Å². The van der Waals surface area contributed by atoms with Gasteiger partial charge in [0.05, 0.1) is 0 Å². The summed E-state index contributed by atoms with van der Waals surface area (Å²) in [4.78, 5) is 23.8. The molecule has 26 heavy (non-hydrogen) atoms. The van der Waals surface area contributed by atoms with E-state index in [1.807, 2.05) is 32.0 Å². The van der Waals surface area contributed by atoms with Gasteiger partial charge in [-0.25, -0.2) is 0 Å². The van der Waals surface area contributed by atoms with Crippen molar-refractivity contribution < 1.29 is 19.1 Å². The van der Waals surface area contributed by atoms with Crippen molar-refractivity contribution in [1.82, 2.24) is 10.9 Å². The number of aryl methyl sites for hydroxylation is 2. The van der Waals surface area contributed by atoms with Crippen LogP contribution in [0.15, 0.2) is 42.5 Å². The first-order valence-corrected chi connectivity index (χ1v) is 8.44. The number of ether oxygens (including phenoxy) is 2. The molecule has 2 amide bonds. The second-order valence-corrected chi connectivity index (χ2v) is 6.25. The first-order chi connectivity index (χ1) is 12.3. The summed E-state index contributed by atoms with van der Waals surface area (Å²) in [5, 5.41) is 0.592. The van der Waals surface area contributed by atoms with Crippen LogP contribution in [0.25, 0.3) is 0 Å². The van der Waals surface area contributed by atoms with Gasteiger partial charge in [-0.3, -0.25) is 20.4 Å². The molecule has 2 aromatic rings. The molecule has 0 unspecified atom stereocenters. The van der Waals surface area contributed by atoms with Crippen molar-refractivity contribution in [2.24, 2.45) is 0 Å². The molecule has 2 aromatic carbocycles. The van der Waals surface area contributed by atoms with E-state index in [1.54, 1.807) is 31.2 Å². The number of carbonyl (C=O) groups excluding carboxylic acids is 2. The molecular formula is C19H21ClN2O4. The molecule has 0 saturated heterocycles. The lowest BCUT2D eigenvalue weighted by atomic mass is 10.2. The zero-order valence-electron chi connectivity index (χ0n) is 14.8. The monoisotopic (exact) mass is 376 g/mol. The highest BCUT2D eigenvalue weighted by Crippen LogP contribution is 2.21. The molecule has 0 heterocycles. The Morgan fingerprint density at radius 1 is 1.12 bits per heavy atom. The van der Waals surface area contributed by atoms with Gasteiger partial charge in [-0.05, 0) is 62.2 Å². The first-order valence-electron chi connectivity index (χ1n) is 8.06. The third kappa shape index (κ3) is 5.97. The van der Waals surface area contributed by atoms with Gasteiger partial charge in [-0.1, -0.05) is 23.7 Å². The Labute approximate surface area is 157 Å². The highest BCUT2D eigenvalue weighted by Gasteiger charge is 2.15. The van der Waals surface area contributed by atoms with Gasteiger partial charge in [-0.15, -0.1) is 0 Å². The van der Waals surface area contributed by atoms with Crippen LogP contribution in [0.3, 0.4) is 0 Å². The number of amides is 2. The van der Waals surface area contributed by atoms with Crippen molar-refractivity contribution >= 4 is 23.4 Å². The number of rotatable bonds is 6. The molecule has 7 heteroatoms. The van der Waals surface area contributed by atoms with Gasteiger partial charge >= 0.3 is 0 Å². The van der Waals surface area contributed by atoms with Crippen molar-refractivity contribution in [2.45, 2.75) is 26.9 Å². The van der Waals surface area contributed by atoms with Gasteiger partial charge in [0.2, 0.25) is 0 Å². The molecule has 0 aliphatic carbocycles. The maximum atomic E-state index is 12.0. The largest absolute Gasteiger partial charge is 0.483 e. The maximum absolute atomic E-state index is 12.0. The van der Waals surface area contributed by atoms with Gasteiger partial charge in [0.1, 0.15) is 11.5 Å². The summed E-state index contributed by atoms with van der Waals surface area (Å²) in [7, 11) is 0. The fraction of sp³-hybridized carbons (Fsp3) is 0.263. The molecule has 0 aromatic heterocycles. The number of hydrazine groups is 1. The van der Waals surface area contributed by atoms with Gasteiger partial charge in [0, 0.05) is 5.02 Å². The summed E-state index contributed by atoms with van der Waals surface area (Å²) >= 11 is 5.87. The first kappa shape index (κ1) is 19.6. The number of carbonyl (C=O) groups is 2. The number of benzene rings is 2. The zero-order chi connectivity index (χ0) is 19.1. The summed E-state index contributed by atoms with van der Waals surface area (Å²) in [6, 6.07) is 12.5. The summed E-state index contributed by atoms with van der Waals surface area (Å²) < 4.78 is 10.9. The zero-order valence-corrected chi connectivity index (χ0v) is 15.6. The molecule has 0 saturated carbocycles. The minimum atomic E-state index is -0.767. The molecule has 6 nitrogen and oxygen atoms in total. The van der Waals surface area contributed by atoms with E-state index in [2.05, 4.69) is 10.9 Å². The molecule has 0 aliphatic heterocycles. The van der Waals surface area contributed by atoms with E-state index >= 15 is 0 Å². The van der Waals surface area contributed by atoms with Crippen LogP contribution in [0.5, 0.6) is 11.5 Å². The van der Waals surface area contributed by atoms with Crippen LogP contribution in [0.4, 0.5) is 0 Å². The van der Waals surface area contributed by atoms with Gasteiger partial charge in [0.25, 0.3) is 11.8 Å². The van der Waals surface area contributed by atoms with Crippen LogP contribution in [0, 0.1) is 13.8 Å². The topological polar surface area (TPSA) is 76.7 Å². The Kier molecular flexibility index (Phi) is 6.86. The van der Waals surface area contributed by atoms with E-state index in [0.717, 1.165) is 11.1 Å². The minimum absolute atomic E-state index is 0.240. The highest BCUT2D eigenvalue weighted by atomic mass is 35.5. The summed E-state index contributed by atoms with van der Waals surface area (Å²) in [5.41, 5.74) is 6.44. The van der Waals surface area contributed by atoms with E-state index in [9.17, 15) is 9.59 Å². The predicted octanol–water partition coefficient (Wildman–Crippen LogP) is 2.95. The molecule has 2 N–H and O–H groups in total. The van der Waals surface area contributed by atoms with Gasteiger partial charge < -0.3 is 9.47 Å². The Bertz CT molecular complexity index is 795. The Morgan fingerprint density at radius 3 is 2.58 bits per heavy atom. The average Bonchev–Trinajstić information content (AvgIpc) is 2.58. The minimum Gasteiger partial charge on any atom is -0.483 e. The smallest absolute Gasteiger partial charge is 0.279 e. The fourth-order valence-corrected chi connectivity index (χ4v) is 2.36. The number of halogens is 1. The number of hydrogen-bond donors (Lipinski definition) is 2. The highest BCUT2D eigenvalue weighted by molar-refractivity contribution is 6.30. The van der Waals surface area contributed by atoms with Crippen molar-refractivity contribution in [3.05, 3.63) is 58.6 Å². The van der Waals surface area contributed by atoms with E-state index in [4.69, 9.17) is 21.1 Å². The van der Waals surface area contributed by atoms with E-state index in [1.165, 1.54) is 0 Å². The second-order valence-electron chi connectivity index (χ2n) is 5.81. The summed E-state index contributed by atoms with van der Waals surface area (Å²) in [5.74, 6) is 0.172. The molecular weight excluding hydrogens is 356 g/mol. The lowest BCUT2D eigenvalue weighted by molar-refractivity contribution is -0.133. The quantitative estimate of drug-likeness (QED) is 0.760. The Hall–Kier alpha value is -2.73. The Balaban J connectivity index is 1.76. The number of nitrogens with one attached hydrogen (secondary N) is 2. The van der Waals surface area contributed by atoms with Crippen LogP contribution in [0.1, 0.15) is 18.1 Å². The van der Waals surface area contributed by atoms with Crippen LogP contribution in [-0.4, -0.2) is 24.5 Å². The molecule has 0 spiro atoms. The van der Waals surface area contributed by atoms with Crippen LogP contribution in [0.2, 0.25) is 5.02 Å². The summed E-state index contributed by atoms with van der Waals surface area (Å²) in [6.07, 6.45) is -0.767. The van der Waals surface area contributed by atoms with Crippen molar-refractivity contribution in [2.75, 3.05) is 6.61 Å². The van der Waals surface area contributed by atoms with Crippen LogP contribution in [-0.2, 0) is 9.59 Å². The Morgan fingerprint density at radius 2 is 1.88 bits per heavy atom. The fourth-order valence-electron chi connectivity index (χ4n) is 2.13. The van der Waals surface area contributed by atoms with Crippen molar-refractivity contribution in [1.29, 1.82) is 0 Å². The summed E-state index contributed by atoms with van der Waals surface area (Å²) in [6.45, 7) is 5.11.